The Morgan fingerprint density at radius 2 is 2.05 bits per heavy atom. The van der Waals surface area contributed by atoms with E-state index < -0.39 is 6.09 Å². The van der Waals surface area contributed by atoms with E-state index >= 15 is 0 Å². The van der Waals surface area contributed by atoms with Gasteiger partial charge in [-0.25, -0.2) is 4.79 Å². The molecule has 3 nitrogen and oxygen atoms in total. The van der Waals surface area contributed by atoms with Gasteiger partial charge in [-0.15, -0.1) is 6.58 Å². The summed E-state index contributed by atoms with van der Waals surface area (Å²) in [7, 11) is 0. The quantitative estimate of drug-likeness (QED) is 0.795. The molecule has 1 aliphatic rings. The van der Waals surface area contributed by atoms with Crippen molar-refractivity contribution in [2.75, 3.05) is 0 Å². The number of nitrogens with zero attached hydrogens (tertiary/aromatic N) is 1. The van der Waals surface area contributed by atoms with E-state index in [2.05, 4.69) is 45.5 Å². The zero-order valence-electron chi connectivity index (χ0n) is 14.1. The smallest absolute Gasteiger partial charge is 0.408 e. The van der Waals surface area contributed by atoms with Crippen molar-refractivity contribution in [2.45, 2.75) is 59.0 Å². The van der Waals surface area contributed by atoms with Crippen LogP contribution < -0.4 is 0 Å². The Morgan fingerprint density at radius 1 is 1.41 bits per heavy atom. The molecule has 0 radical (unpaired) electrons. The van der Waals surface area contributed by atoms with Gasteiger partial charge in [0.25, 0.3) is 0 Å². The van der Waals surface area contributed by atoms with Crippen molar-refractivity contribution < 1.29 is 9.90 Å². The first kappa shape index (κ1) is 16.6. The molecule has 0 unspecified atom stereocenters. The maximum atomic E-state index is 11.9. The first-order valence-electron chi connectivity index (χ1n) is 7.91. The Kier molecular flexibility index (Phi) is 4.37. The van der Waals surface area contributed by atoms with Gasteiger partial charge in [-0.2, -0.15) is 0 Å². The number of benzene rings is 1. The SMILES string of the molecule is C=CCc1ccc(C)c(CN(C(=O)O)C2(C(C)(C)C)CC2)c1. The van der Waals surface area contributed by atoms with Crippen LogP contribution in [0.2, 0.25) is 0 Å². The summed E-state index contributed by atoms with van der Waals surface area (Å²) in [5.74, 6) is 0. The first-order chi connectivity index (χ1) is 10.2. The maximum absolute atomic E-state index is 11.9. The summed E-state index contributed by atoms with van der Waals surface area (Å²) in [5.41, 5.74) is 3.15. The van der Waals surface area contributed by atoms with Crippen molar-refractivity contribution in [3.63, 3.8) is 0 Å². The van der Waals surface area contributed by atoms with Crippen LogP contribution in [0.25, 0.3) is 0 Å². The van der Waals surface area contributed by atoms with E-state index in [9.17, 15) is 9.90 Å². The van der Waals surface area contributed by atoms with Crippen LogP contribution in [0.1, 0.15) is 50.3 Å². The average Bonchev–Trinajstić information content (AvgIpc) is 3.20. The highest BCUT2D eigenvalue weighted by Gasteiger charge is 2.57. The molecule has 2 rings (SSSR count). The van der Waals surface area contributed by atoms with Crippen molar-refractivity contribution in [3.05, 3.63) is 47.5 Å². The molecule has 0 bridgehead atoms. The van der Waals surface area contributed by atoms with Crippen molar-refractivity contribution in [3.8, 4) is 0 Å². The molecule has 1 N–H and O–H groups in total. The lowest BCUT2D eigenvalue weighted by molar-refractivity contribution is 0.0629. The third-order valence-corrected chi connectivity index (χ3v) is 4.99. The summed E-state index contributed by atoms with van der Waals surface area (Å²) < 4.78 is 0. The number of hydrogen-bond acceptors (Lipinski definition) is 1. The second kappa shape index (κ2) is 5.79. The Labute approximate surface area is 133 Å². The minimum Gasteiger partial charge on any atom is -0.465 e. The van der Waals surface area contributed by atoms with Crippen LogP contribution in [0.3, 0.4) is 0 Å². The Hall–Kier alpha value is -1.77. The maximum Gasteiger partial charge on any atom is 0.408 e. The molecule has 0 aromatic heterocycles. The van der Waals surface area contributed by atoms with Crippen molar-refractivity contribution >= 4 is 6.09 Å². The monoisotopic (exact) mass is 301 g/mol. The fourth-order valence-electron chi connectivity index (χ4n) is 3.30. The van der Waals surface area contributed by atoms with E-state index in [1.807, 2.05) is 13.0 Å². The normalized spacial score (nSPS) is 16.2. The molecule has 1 aromatic carbocycles. The van der Waals surface area contributed by atoms with Crippen LogP contribution in [0, 0.1) is 12.3 Å². The number of rotatable bonds is 5. The molecule has 22 heavy (non-hydrogen) atoms. The van der Waals surface area contributed by atoms with Crippen molar-refractivity contribution in [1.82, 2.24) is 4.90 Å². The van der Waals surface area contributed by atoms with E-state index in [1.54, 1.807) is 4.90 Å². The minimum absolute atomic E-state index is 0.0436. The highest BCUT2D eigenvalue weighted by atomic mass is 16.4. The lowest BCUT2D eigenvalue weighted by atomic mass is 9.82. The summed E-state index contributed by atoms with van der Waals surface area (Å²) in [4.78, 5) is 13.5. The van der Waals surface area contributed by atoms with Crippen molar-refractivity contribution in [1.29, 1.82) is 0 Å². The number of hydrogen-bond donors (Lipinski definition) is 1. The molecule has 1 fully saturated rings. The van der Waals surface area contributed by atoms with Gasteiger partial charge in [0.1, 0.15) is 0 Å². The predicted octanol–water partition coefficient (Wildman–Crippen LogP) is 4.78. The van der Waals surface area contributed by atoms with Gasteiger partial charge in [0.2, 0.25) is 0 Å². The van der Waals surface area contributed by atoms with Crippen LogP contribution in [-0.2, 0) is 13.0 Å². The molecule has 1 aliphatic carbocycles. The molecule has 120 valence electrons. The fourth-order valence-corrected chi connectivity index (χ4v) is 3.30. The van der Waals surface area contributed by atoms with Crippen molar-refractivity contribution in [2.24, 2.45) is 5.41 Å². The summed E-state index contributed by atoms with van der Waals surface area (Å²) in [5, 5.41) is 9.75. The van der Waals surface area contributed by atoms with E-state index in [1.165, 1.54) is 5.56 Å². The average molecular weight is 301 g/mol. The lowest BCUT2D eigenvalue weighted by Gasteiger charge is -2.39. The van der Waals surface area contributed by atoms with Gasteiger partial charge >= 0.3 is 6.09 Å². The Morgan fingerprint density at radius 3 is 2.50 bits per heavy atom. The number of aryl methyl sites for hydroxylation is 1. The molecule has 3 heteroatoms. The topological polar surface area (TPSA) is 40.5 Å². The molecule has 1 amide bonds. The van der Waals surface area contributed by atoms with E-state index in [0.29, 0.717) is 6.54 Å². The number of amides is 1. The van der Waals surface area contributed by atoms with Gasteiger partial charge in [-0.3, -0.25) is 4.90 Å². The molecule has 0 spiro atoms. The second-order valence-electron chi connectivity index (χ2n) is 7.40. The summed E-state index contributed by atoms with van der Waals surface area (Å²) >= 11 is 0. The zero-order chi connectivity index (χ0) is 16.5. The molecule has 0 atom stereocenters. The van der Waals surface area contributed by atoms with Gasteiger partial charge < -0.3 is 5.11 Å². The number of carbonyl (C=O) groups is 1. The van der Waals surface area contributed by atoms with E-state index in [4.69, 9.17) is 0 Å². The van der Waals surface area contributed by atoms with Gasteiger partial charge in [-0.1, -0.05) is 45.0 Å². The van der Waals surface area contributed by atoms with Gasteiger partial charge in [-0.05, 0) is 48.3 Å². The molecule has 1 saturated carbocycles. The third kappa shape index (κ3) is 3.03. The molecular formula is C19H27NO2. The molecule has 0 aliphatic heterocycles. The van der Waals surface area contributed by atoms with Crippen LogP contribution >= 0.6 is 0 Å². The highest BCUT2D eigenvalue weighted by molar-refractivity contribution is 5.67. The number of allylic oxidation sites excluding steroid dienone is 1. The van der Waals surface area contributed by atoms with Crippen LogP contribution in [0.15, 0.2) is 30.9 Å². The summed E-state index contributed by atoms with van der Waals surface area (Å²) in [6.07, 6.45) is 3.77. The Bertz CT molecular complexity index is 580. The van der Waals surface area contributed by atoms with Gasteiger partial charge in [0.15, 0.2) is 0 Å². The second-order valence-corrected chi connectivity index (χ2v) is 7.40. The largest absolute Gasteiger partial charge is 0.465 e. The molecular weight excluding hydrogens is 274 g/mol. The first-order valence-corrected chi connectivity index (χ1v) is 7.91. The predicted molar refractivity (Wildman–Crippen MR) is 90.1 cm³/mol. The van der Waals surface area contributed by atoms with E-state index in [-0.39, 0.29) is 11.0 Å². The van der Waals surface area contributed by atoms with Gasteiger partial charge in [0, 0.05) is 6.54 Å². The van der Waals surface area contributed by atoms with Gasteiger partial charge in [0.05, 0.1) is 5.54 Å². The molecule has 1 aromatic rings. The van der Waals surface area contributed by atoms with E-state index in [0.717, 1.165) is 30.4 Å². The fraction of sp³-hybridized carbons (Fsp3) is 0.526. The number of carboxylic acid groups (broad SMARTS) is 1. The zero-order valence-corrected chi connectivity index (χ0v) is 14.1. The van der Waals surface area contributed by atoms with Crippen LogP contribution in [0.5, 0.6) is 0 Å². The minimum atomic E-state index is -0.819. The van der Waals surface area contributed by atoms with Crippen LogP contribution in [-0.4, -0.2) is 21.6 Å². The molecule has 0 saturated heterocycles. The standard InChI is InChI=1S/C19H27NO2/c1-6-7-15-9-8-14(2)16(12-15)13-20(17(21)22)19(10-11-19)18(3,4)5/h6,8-9,12H,1,7,10-11,13H2,2-5H3,(H,21,22). The highest BCUT2D eigenvalue weighted by Crippen LogP contribution is 2.54. The Balaban J connectivity index is 2.32. The summed E-state index contributed by atoms with van der Waals surface area (Å²) in [6.45, 7) is 12.7. The summed E-state index contributed by atoms with van der Waals surface area (Å²) in [6, 6.07) is 6.28. The molecule has 0 heterocycles. The third-order valence-electron chi connectivity index (χ3n) is 4.99. The lowest BCUT2D eigenvalue weighted by Crippen LogP contribution is -2.48. The van der Waals surface area contributed by atoms with Crippen LogP contribution in [0.4, 0.5) is 4.79 Å².